The fourth-order valence-electron chi connectivity index (χ4n) is 1.98. The van der Waals surface area contributed by atoms with Crippen LogP contribution < -0.4 is 9.47 Å². The monoisotopic (exact) mass is 288 g/mol. The molecule has 0 bridgehead atoms. The molecule has 1 heterocycles. The second kappa shape index (κ2) is 7.50. The lowest BCUT2D eigenvalue weighted by Gasteiger charge is -2.15. The van der Waals surface area contributed by atoms with Gasteiger partial charge in [-0.1, -0.05) is 18.2 Å². The molecule has 1 aromatic heterocycles. The molecule has 1 aromatic carbocycles. The standard InChI is InChI=1S/C16H20N2O3/c1-3-4-13-5-6-15(16(9-13)20-2)21-11-14(19)10-18-8-7-17-12-18/h3-9,12,14,19H,10-11H2,1-2H3/b4-3+/t14-/m1/s1. The lowest BCUT2D eigenvalue weighted by Crippen LogP contribution is -2.23. The third kappa shape index (κ3) is 4.36. The molecule has 0 saturated carbocycles. The summed E-state index contributed by atoms with van der Waals surface area (Å²) in [6, 6.07) is 5.69. The number of nitrogens with zero attached hydrogens (tertiary/aromatic N) is 2. The van der Waals surface area contributed by atoms with Gasteiger partial charge in [0, 0.05) is 12.4 Å². The first-order chi connectivity index (χ1) is 10.2. The minimum atomic E-state index is -0.612. The van der Waals surface area contributed by atoms with Crippen molar-refractivity contribution >= 4 is 6.08 Å². The van der Waals surface area contributed by atoms with Crippen molar-refractivity contribution < 1.29 is 14.6 Å². The van der Waals surface area contributed by atoms with Gasteiger partial charge in [0.25, 0.3) is 0 Å². The Kier molecular flexibility index (Phi) is 5.40. The Balaban J connectivity index is 1.95. The van der Waals surface area contributed by atoms with Crippen LogP contribution in [0.1, 0.15) is 12.5 Å². The average molecular weight is 288 g/mol. The Hall–Kier alpha value is -2.27. The van der Waals surface area contributed by atoms with Gasteiger partial charge in [-0.25, -0.2) is 4.98 Å². The van der Waals surface area contributed by atoms with Crippen molar-refractivity contribution in [3.05, 3.63) is 48.6 Å². The molecule has 1 atom stereocenters. The lowest BCUT2D eigenvalue weighted by molar-refractivity contribution is 0.0910. The number of aliphatic hydroxyl groups excluding tert-OH is 1. The van der Waals surface area contributed by atoms with E-state index in [1.54, 1.807) is 30.4 Å². The predicted molar refractivity (Wildman–Crippen MR) is 81.4 cm³/mol. The highest BCUT2D eigenvalue weighted by atomic mass is 16.5. The topological polar surface area (TPSA) is 56.5 Å². The Morgan fingerprint density at radius 1 is 1.38 bits per heavy atom. The number of aromatic nitrogens is 2. The number of imidazole rings is 1. The molecule has 2 rings (SSSR count). The smallest absolute Gasteiger partial charge is 0.161 e. The summed E-state index contributed by atoms with van der Waals surface area (Å²) < 4.78 is 12.8. The summed E-state index contributed by atoms with van der Waals surface area (Å²) in [4.78, 5) is 3.93. The van der Waals surface area contributed by atoms with Gasteiger partial charge in [-0.2, -0.15) is 0 Å². The van der Waals surface area contributed by atoms with E-state index in [0.29, 0.717) is 18.0 Å². The van der Waals surface area contributed by atoms with Gasteiger partial charge >= 0.3 is 0 Å². The minimum absolute atomic E-state index is 0.192. The van der Waals surface area contributed by atoms with Crippen LogP contribution in [0, 0.1) is 0 Å². The zero-order valence-electron chi connectivity index (χ0n) is 12.3. The molecule has 0 saturated heterocycles. The van der Waals surface area contributed by atoms with Crippen molar-refractivity contribution in [3.8, 4) is 11.5 Å². The Labute approximate surface area is 124 Å². The first-order valence-electron chi connectivity index (χ1n) is 6.80. The van der Waals surface area contributed by atoms with Gasteiger partial charge in [0.15, 0.2) is 11.5 Å². The number of hydrogen-bond donors (Lipinski definition) is 1. The molecule has 0 radical (unpaired) electrons. The molecule has 0 fully saturated rings. The second-order valence-corrected chi connectivity index (χ2v) is 4.63. The van der Waals surface area contributed by atoms with Gasteiger partial charge < -0.3 is 19.1 Å². The van der Waals surface area contributed by atoms with E-state index in [1.807, 2.05) is 37.3 Å². The summed E-state index contributed by atoms with van der Waals surface area (Å²) in [7, 11) is 1.60. The van der Waals surface area contributed by atoms with Crippen LogP contribution in [0.25, 0.3) is 6.08 Å². The van der Waals surface area contributed by atoms with Gasteiger partial charge in [0.05, 0.1) is 20.0 Å². The third-order valence-electron chi connectivity index (χ3n) is 2.96. The summed E-state index contributed by atoms with van der Waals surface area (Å²) in [6.07, 6.45) is 8.48. The van der Waals surface area contributed by atoms with Crippen LogP contribution in [-0.4, -0.2) is 34.5 Å². The maximum Gasteiger partial charge on any atom is 0.161 e. The fraction of sp³-hybridized carbons (Fsp3) is 0.312. The van der Waals surface area contributed by atoms with Crippen LogP contribution in [0.4, 0.5) is 0 Å². The number of methoxy groups -OCH3 is 1. The first kappa shape index (κ1) is 15.1. The molecule has 5 nitrogen and oxygen atoms in total. The fourth-order valence-corrected chi connectivity index (χ4v) is 1.98. The Morgan fingerprint density at radius 2 is 2.24 bits per heavy atom. The molecule has 0 spiro atoms. The molecule has 0 amide bonds. The molecule has 2 aromatic rings. The molecular weight excluding hydrogens is 268 g/mol. The van der Waals surface area contributed by atoms with E-state index in [0.717, 1.165) is 5.56 Å². The van der Waals surface area contributed by atoms with Crippen molar-refractivity contribution in [2.45, 2.75) is 19.6 Å². The number of aliphatic hydroxyl groups is 1. The second-order valence-electron chi connectivity index (χ2n) is 4.63. The van der Waals surface area contributed by atoms with Crippen molar-refractivity contribution in [3.63, 3.8) is 0 Å². The predicted octanol–water partition coefficient (Wildman–Crippen LogP) is 2.36. The van der Waals surface area contributed by atoms with E-state index < -0.39 is 6.10 Å². The van der Waals surface area contributed by atoms with Crippen LogP contribution in [0.3, 0.4) is 0 Å². The zero-order valence-corrected chi connectivity index (χ0v) is 12.3. The Morgan fingerprint density at radius 3 is 2.90 bits per heavy atom. The molecule has 21 heavy (non-hydrogen) atoms. The van der Waals surface area contributed by atoms with Gasteiger partial charge in [-0.3, -0.25) is 0 Å². The maximum absolute atomic E-state index is 9.96. The number of allylic oxidation sites excluding steroid dienone is 1. The van der Waals surface area contributed by atoms with Crippen LogP contribution in [-0.2, 0) is 6.54 Å². The number of benzene rings is 1. The summed E-state index contributed by atoms with van der Waals surface area (Å²) in [6.45, 7) is 2.60. The summed E-state index contributed by atoms with van der Waals surface area (Å²) in [5.41, 5.74) is 1.04. The summed E-state index contributed by atoms with van der Waals surface area (Å²) >= 11 is 0. The number of rotatable bonds is 7. The number of hydrogen-bond acceptors (Lipinski definition) is 4. The van der Waals surface area contributed by atoms with Crippen molar-refractivity contribution in [1.29, 1.82) is 0 Å². The summed E-state index contributed by atoms with van der Waals surface area (Å²) in [5.74, 6) is 1.27. The highest BCUT2D eigenvalue weighted by Gasteiger charge is 2.09. The average Bonchev–Trinajstić information content (AvgIpc) is 2.99. The molecule has 5 heteroatoms. The third-order valence-corrected chi connectivity index (χ3v) is 2.96. The molecular formula is C16H20N2O3. The molecule has 0 aliphatic heterocycles. The highest BCUT2D eigenvalue weighted by Crippen LogP contribution is 2.28. The zero-order chi connectivity index (χ0) is 15.1. The van der Waals surface area contributed by atoms with Crippen molar-refractivity contribution in [2.24, 2.45) is 0 Å². The molecule has 0 unspecified atom stereocenters. The van der Waals surface area contributed by atoms with Crippen LogP contribution in [0.15, 0.2) is 43.0 Å². The molecule has 0 aliphatic rings. The van der Waals surface area contributed by atoms with E-state index in [1.165, 1.54) is 0 Å². The minimum Gasteiger partial charge on any atom is -0.493 e. The van der Waals surface area contributed by atoms with Crippen molar-refractivity contribution in [2.75, 3.05) is 13.7 Å². The maximum atomic E-state index is 9.96. The lowest BCUT2D eigenvalue weighted by atomic mass is 10.2. The van der Waals surface area contributed by atoms with Gasteiger partial charge in [-0.15, -0.1) is 0 Å². The van der Waals surface area contributed by atoms with Crippen LogP contribution >= 0.6 is 0 Å². The van der Waals surface area contributed by atoms with Gasteiger partial charge in [-0.05, 0) is 24.6 Å². The van der Waals surface area contributed by atoms with Crippen LogP contribution in [0.2, 0.25) is 0 Å². The van der Waals surface area contributed by atoms with E-state index >= 15 is 0 Å². The van der Waals surface area contributed by atoms with E-state index in [2.05, 4.69) is 4.98 Å². The van der Waals surface area contributed by atoms with Crippen molar-refractivity contribution in [1.82, 2.24) is 9.55 Å². The molecule has 1 N–H and O–H groups in total. The SMILES string of the molecule is C/C=C/c1ccc(OC[C@H](O)Cn2ccnc2)c(OC)c1. The summed E-state index contributed by atoms with van der Waals surface area (Å²) in [5, 5.41) is 9.96. The van der Waals surface area contributed by atoms with Gasteiger partial charge in [0.2, 0.25) is 0 Å². The number of ether oxygens (including phenoxy) is 2. The Bertz CT molecular complexity index is 579. The molecule has 112 valence electrons. The van der Waals surface area contributed by atoms with Crippen LogP contribution in [0.5, 0.6) is 11.5 Å². The van der Waals surface area contributed by atoms with E-state index in [9.17, 15) is 5.11 Å². The van der Waals surface area contributed by atoms with Gasteiger partial charge in [0.1, 0.15) is 12.7 Å². The molecule has 0 aliphatic carbocycles. The quantitative estimate of drug-likeness (QED) is 0.850. The van der Waals surface area contributed by atoms with E-state index in [4.69, 9.17) is 9.47 Å². The largest absolute Gasteiger partial charge is 0.493 e. The normalized spacial score (nSPS) is 12.5. The highest BCUT2D eigenvalue weighted by molar-refractivity contribution is 5.55. The van der Waals surface area contributed by atoms with E-state index in [-0.39, 0.29) is 6.61 Å². The first-order valence-corrected chi connectivity index (χ1v) is 6.80.